The lowest BCUT2D eigenvalue weighted by Gasteiger charge is -2.26. The molecule has 1 aliphatic heterocycles. The van der Waals surface area contributed by atoms with Crippen LogP contribution in [0.5, 0.6) is 0 Å². The zero-order chi connectivity index (χ0) is 13.2. The van der Waals surface area contributed by atoms with Gasteiger partial charge in [0.05, 0.1) is 6.10 Å². The van der Waals surface area contributed by atoms with E-state index in [0.717, 1.165) is 23.8 Å². The summed E-state index contributed by atoms with van der Waals surface area (Å²) in [6, 6.07) is 1.93. The van der Waals surface area contributed by atoms with Crippen molar-refractivity contribution in [1.82, 2.24) is 9.97 Å². The molecule has 5 nitrogen and oxygen atoms in total. The van der Waals surface area contributed by atoms with Crippen LogP contribution in [0.3, 0.4) is 0 Å². The average Bonchev–Trinajstić information content (AvgIpc) is 2.67. The minimum absolute atomic E-state index is 0.140. The maximum atomic E-state index is 10.4. The third-order valence-corrected chi connectivity index (χ3v) is 3.49. The fourth-order valence-corrected chi connectivity index (χ4v) is 2.15. The molecule has 2 heterocycles. The highest BCUT2D eigenvalue weighted by molar-refractivity contribution is 5.36. The highest BCUT2D eigenvalue weighted by Crippen LogP contribution is 2.25. The molecule has 0 bridgehead atoms. The van der Waals surface area contributed by atoms with Crippen LogP contribution < -0.4 is 5.32 Å². The van der Waals surface area contributed by atoms with Crippen molar-refractivity contribution < 1.29 is 9.84 Å². The van der Waals surface area contributed by atoms with Gasteiger partial charge in [-0.25, -0.2) is 9.97 Å². The molecule has 0 radical (unpaired) electrons. The second-order valence-corrected chi connectivity index (χ2v) is 4.87. The van der Waals surface area contributed by atoms with Gasteiger partial charge in [-0.3, -0.25) is 0 Å². The van der Waals surface area contributed by atoms with E-state index in [1.54, 1.807) is 0 Å². The van der Waals surface area contributed by atoms with Gasteiger partial charge < -0.3 is 15.2 Å². The predicted molar refractivity (Wildman–Crippen MR) is 69.6 cm³/mol. The molecular weight excluding hydrogens is 230 g/mol. The minimum atomic E-state index is -0.800. The molecule has 0 aromatic carbocycles. The summed E-state index contributed by atoms with van der Waals surface area (Å²) in [6.45, 7) is 6.90. The smallest absolute Gasteiger partial charge is 0.130 e. The summed E-state index contributed by atoms with van der Waals surface area (Å²) < 4.78 is 5.40. The summed E-state index contributed by atoms with van der Waals surface area (Å²) in [5.41, 5.74) is 0.207. The van der Waals surface area contributed by atoms with Gasteiger partial charge >= 0.3 is 0 Å². The molecule has 1 aromatic heterocycles. The molecule has 0 amide bonds. The van der Waals surface area contributed by atoms with E-state index in [1.165, 1.54) is 0 Å². The van der Waals surface area contributed by atoms with Crippen LogP contribution in [0.4, 0.5) is 5.82 Å². The van der Waals surface area contributed by atoms with E-state index in [1.807, 2.05) is 19.9 Å². The van der Waals surface area contributed by atoms with Crippen LogP contribution in [-0.2, 0) is 11.2 Å². The summed E-state index contributed by atoms with van der Waals surface area (Å²) in [7, 11) is 0. The number of hydrogen-bond donors (Lipinski definition) is 2. The SMILES string of the molecule is CCc1cc(NCC2(O)CCOC2C)nc(C)n1. The van der Waals surface area contributed by atoms with Crippen molar-refractivity contribution in [2.45, 2.75) is 45.3 Å². The van der Waals surface area contributed by atoms with Gasteiger partial charge in [-0.05, 0) is 20.3 Å². The molecule has 1 fully saturated rings. The average molecular weight is 251 g/mol. The van der Waals surface area contributed by atoms with Crippen LogP contribution in [0, 0.1) is 6.92 Å². The molecule has 0 aliphatic carbocycles. The van der Waals surface area contributed by atoms with E-state index in [9.17, 15) is 5.11 Å². The molecule has 2 atom stereocenters. The first kappa shape index (κ1) is 13.2. The Bertz CT molecular complexity index is 425. The largest absolute Gasteiger partial charge is 0.385 e. The molecule has 0 spiro atoms. The van der Waals surface area contributed by atoms with Crippen molar-refractivity contribution >= 4 is 5.82 Å². The molecular formula is C13H21N3O2. The highest BCUT2D eigenvalue weighted by atomic mass is 16.5. The maximum absolute atomic E-state index is 10.4. The fourth-order valence-electron chi connectivity index (χ4n) is 2.15. The van der Waals surface area contributed by atoms with Crippen LogP contribution in [0.2, 0.25) is 0 Å². The highest BCUT2D eigenvalue weighted by Gasteiger charge is 2.39. The number of nitrogens with zero attached hydrogens (tertiary/aromatic N) is 2. The summed E-state index contributed by atoms with van der Waals surface area (Å²) in [5.74, 6) is 1.52. The predicted octanol–water partition coefficient (Wildman–Crippen LogP) is 1.30. The van der Waals surface area contributed by atoms with Gasteiger partial charge in [0.1, 0.15) is 17.2 Å². The number of ether oxygens (including phenoxy) is 1. The lowest BCUT2D eigenvalue weighted by Crippen LogP contribution is -2.43. The van der Waals surface area contributed by atoms with Crippen LogP contribution in [0.15, 0.2) is 6.07 Å². The first-order valence-corrected chi connectivity index (χ1v) is 6.46. The number of nitrogens with one attached hydrogen (secondary N) is 1. The van der Waals surface area contributed by atoms with Gasteiger partial charge in [0.25, 0.3) is 0 Å². The van der Waals surface area contributed by atoms with Gasteiger partial charge in [0.2, 0.25) is 0 Å². The number of hydrogen-bond acceptors (Lipinski definition) is 5. The number of aryl methyl sites for hydroxylation is 2. The maximum Gasteiger partial charge on any atom is 0.130 e. The zero-order valence-electron chi connectivity index (χ0n) is 11.2. The minimum Gasteiger partial charge on any atom is -0.385 e. The quantitative estimate of drug-likeness (QED) is 0.844. The molecule has 2 rings (SSSR count). The molecule has 0 saturated carbocycles. The van der Waals surface area contributed by atoms with Crippen molar-refractivity contribution in [3.8, 4) is 0 Å². The topological polar surface area (TPSA) is 67.3 Å². The second kappa shape index (κ2) is 5.20. The molecule has 2 unspecified atom stereocenters. The molecule has 1 saturated heterocycles. The Hall–Kier alpha value is -1.20. The third kappa shape index (κ3) is 2.79. The Kier molecular flexibility index (Phi) is 3.82. The Balaban J connectivity index is 2.04. The second-order valence-electron chi connectivity index (χ2n) is 4.87. The van der Waals surface area contributed by atoms with Crippen LogP contribution >= 0.6 is 0 Å². The van der Waals surface area contributed by atoms with Crippen LogP contribution in [-0.4, -0.2) is 39.9 Å². The standard InChI is InChI=1S/C13H21N3O2/c1-4-11-7-12(16-10(3)15-11)14-8-13(17)5-6-18-9(13)2/h7,9,17H,4-6,8H2,1-3H3,(H,14,15,16). The van der Waals surface area contributed by atoms with Crippen molar-refractivity contribution in [2.75, 3.05) is 18.5 Å². The number of rotatable bonds is 4. The molecule has 2 N–H and O–H groups in total. The van der Waals surface area contributed by atoms with Gasteiger partial charge in [-0.2, -0.15) is 0 Å². The third-order valence-electron chi connectivity index (χ3n) is 3.49. The summed E-state index contributed by atoms with van der Waals surface area (Å²) >= 11 is 0. The summed E-state index contributed by atoms with van der Waals surface area (Å²) in [5, 5.41) is 13.6. The van der Waals surface area contributed by atoms with Gasteiger partial charge in [-0.15, -0.1) is 0 Å². The van der Waals surface area contributed by atoms with Gasteiger partial charge in [0, 0.05) is 31.3 Å². The first-order valence-electron chi connectivity index (χ1n) is 6.46. The van der Waals surface area contributed by atoms with E-state index >= 15 is 0 Å². The fraction of sp³-hybridized carbons (Fsp3) is 0.692. The zero-order valence-corrected chi connectivity index (χ0v) is 11.2. The monoisotopic (exact) mass is 251 g/mol. The van der Waals surface area contributed by atoms with Crippen molar-refractivity contribution in [2.24, 2.45) is 0 Å². The summed E-state index contributed by atoms with van der Waals surface area (Å²) in [4.78, 5) is 8.65. The van der Waals surface area contributed by atoms with E-state index in [-0.39, 0.29) is 6.10 Å². The number of aliphatic hydroxyl groups is 1. The normalized spacial score (nSPS) is 27.4. The number of anilines is 1. The van der Waals surface area contributed by atoms with E-state index < -0.39 is 5.60 Å². The summed E-state index contributed by atoms with van der Waals surface area (Å²) in [6.07, 6.45) is 1.40. The van der Waals surface area contributed by atoms with Crippen LogP contribution in [0.25, 0.3) is 0 Å². The Morgan fingerprint density at radius 1 is 1.56 bits per heavy atom. The molecule has 100 valence electrons. The van der Waals surface area contributed by atoms with Crippen molar-refractivity contribution in [3.63, 3.8) is 0 Å². The van der Waals surface area contributed by atoms with Crippen molar-refractivity contribution in [3.05, 3.63) is 17.6 Å². The van der Waals surface area contributed by atoms with Crippen molar-refractivity contribution in [1.29, 1.82) is 0 Å². The Labute approximate surface area is 108 Å². The lowest BCUT2D eigenvalue weighted by atomic mass is 9.97. The van der Waals surface area contributed by atoms with E-state index in [0.29, 0.717) is 19.6 Å². The first-order chi connectivity index (χ1) is 8.53. The molecule has 1 aromatic rings. The van der Waals surface area contributed by atoms with Crippen LogP contribution in [0.1, 0.15) is 31.8 Å². The van der Waals surface area contributed by atoms with E-state index in [4.69, 9.17) is 4.74 Å². The lowest BCUT2D eigenvalue weighted by molar-refractivity contribution is -0.0176. The van der Waals surface area contributed by atoms with Gasteiger partial charge in [-0.1, -0.05) is 6.92 Å². The molecule has 18 heavy (non-hydrogen) atoms. The Morgan fingerprint density at radius 2 is 2.33 bits per heavy atom. The molecule has 1 aliphatic rings. The molecule has 5 heteroatoms. The van der Waals surface area contributed by atoms with E-state index in [2.05, 4.69) is 22.2 Å². The Morgan fingerprint density at radius 3 is 2.94 bits per heavy atom. The number of aromatic nitrogens is 2. The van der Waals surface area contributed by atoms with Gasteiger partial charge in [0.15, 0.2) is 0 Å².